The predicted octanol–water partition coefficient (Wildman–Crippen LogP) is 3.37. The second-order valence-corrected chi connectivity index (χ2v) is 5.66. The van der Waals surface area contributed by atoms with E-state index in [2.05, 4.69) is 5.32 Å². The Balaban J connectivity index is 2.21. The molecule has 0 radical (unpaired) electrons. The number of carbonyl (C=O) groups excluding carboxylic acids is 1. The lowest BCUT2D eigenvalue weighted by Crippen LogP contribution is -2.37. The van der Waals surface area contributed by atoms with Crippen molar-refractivity contribution in [3.8, 4) is 0 Å². The van der Waals surface area contributed by atoms with Crippen LogP contribution in [0.15, 0.2) is 60.7 Å². The van der Waals surface area contributed by atoms with E-state index >= 15 is 0 Å². The summed E-state index contributed by atoms with van der Waals surface area (Å²) in [7, 11) is 0. The number of benzene rings is 2. The molecule has 0 aliphatic rings. The molecule has 2 rings (SSSR count). The Morgan fingerprint density at radius 1 is 0.870 bits per heavy atom. The maximum Gasteiger partial charge on any atom is 0.308 e. The average molecular weight is 311 g/mol. The van der Waals surface area contributed by atoms with E-state index in [1.54, 1.807) is 6.92 Å². The van der Waals surface area contributed by atoms with E-state index in [0.29, 0.717) is 0 Å². The molecule has 0 aromatic heterocycles. The number of carboxylic acid groups (broad SMARTS) is 1. The summed E-state index contributed by atoms with van der Waals surface area (Å²) in [5.74, 6) is -2.18. The molecule has 1 amide bonds. The highest BCUT2D eigenvalue weighted by Gasteiger charge is 2.28. The Morgan fingerprint density at radius 3 is 1.83 bits per heavy atom. The van der Waals surface area contributed by atoms with Gasteiger partial charge in [-0.1, -0.05) is 60.7 Å². The fourth-order valence-corrected chi connectivity index (χ4v) is 2.47. The Morgan fingerprint density at radius 2 is 1.35 bits per heavy atom. The smallest absolute Gasteiger partial charge is 0.308 e. The van der Waals surface area contributed by atoms with Gasteiger partial charge in [0.25, 0.3) is 0 Å². The molecule has 0 aliphatic carbocycles. The van der Waals surface area contributed by atoms with Crippen LogP contribution in [-0.4, -0.2) is 17.0 Å². The summed E-state index contributed by atoms with van der Waals surface area (Å²) in [6, 6.07) is 18.1. The van der Waals surface area contributed by atoms with Crippen LogP contribution in [0.4, 0.5) is 0 Å². The monoisotopic (exact) mass is 311 g/mol. The lowest BCUT2D eigenvalue weighted by Gasteiger charge is -2.25. The van der Waals surface area contributed by atoms with Crippen LogP contribution in [-0.2, 0) is 9.59 Å². The summed E-state index contributed by atoms with van der Waals surface area (Å²) >= 11 is 0. The van der Waals surface area contributed by atoms with E-state index in [1.807, 2.05) is 67.6 Å². The molecule has 2 aromatic rings. The van der Waals surface area contributed by atoms with Crippen molar-refractivity contribution in [2.45, 2.75) is 25.8 Å². The van der Waals surface area contributed by atoms with Crippen molar-refractivity contribution in [3.05, 3.63) is 71.8 Å². The van der Waals surface area contributed by atoms with Gasteiger partial charge < -0.3 is 10.4 Å². The van der Waals surface area contributed by atoms with Crippen molar-refractivity contribution < 1.29 is 14.7 Å². The minimum Gasteiger partial charge on any atom is -0.481 e. The molecular formula is C19H21NO3. The zero-order chi connectivity index (χ0) is 16.8. The molecule has 0 spiro atoms. The van der Waals surface area contributed by atoms with Gasteiger partial charge in [0.05, 0.1) is 17.9 Å². The molecular weight excluding hydrogens is 290 g/mol. The van der Waals surface area contributed by atoms with Crippen LogP contribution in [0.1, 0.15) is 36.9 Å². The normalized spacial score (nSPS) is 14.5. The highest BCUT2D eigenvalue weighted by Crippen LogP contribution is 2.24. The quantitative estimate of drug-likeness (QED) is 0.859. The van der Waals surface area contributed by atoms with E-state index < -0.39 is 17.9 Å². The van der Waals surface area contributed by atoms with Crippen LogP contribution in [0, 0.1) is 5.92 Å². The average Bonchev–Trinajstić information content (AvgIpc) is 2.59. The van der Waals surface area contributed by atoms with E-state index in [1.165, 1.54) is 0 Å². The van der Waals surface area contributed by atoms with Crippen LogP contribution in [0.5, 0.6) is 0 Å². The van der Waals surface area contributed by atoms with Crippen molar-refractivity contribution in [2.24, 2.45) is 5.92 Å². The number of hydrogen-bond acceptors (Lipinski definition) is 2. The van der Waals surface area contributed by atoms with Gasteiger partial charge in [0.1, 0.15) is 0 Å². The number of hydrogen-bond donors (Lipinski definition) is 2. The predicted molar refractivity (Wildman–Crippen MR) is 89.0 cm³/mol. The Hall–Kier alpha value is -2.62. The summed E-state index contributed by atoms with van der Waals surface area (Å²) in [4.78, 5) is 23.9. The molecule has 4 nitrogen and oxygen atoms in total. The molecule has 0 bridgehead atoms. The molecule has 0 heterocycles. The van der Waals surface area contributed by atoms with Gasteiger partial charge in [0.15, 0.2) is 0 Å². The van der Waals surface area contributed by atoms with Crippen molar-refractivity contribution in [3.63, 3.8) is 0 Å². The number of rotatable bonds is 6. The zero-order valence-electron chi connectivity index (χ0n) is 13.3. The minimum absolute atomic E-state index is 0.182. The first-order chi connectivity index (χ1) is 11.0. The topological polar surface area (TPSA) is 66.4 Å². The third kappa shape index (κ3) is 4.19. The largest absolute Gasteiger partial charge is 0.481 e. The molecule has 4 heteroatoms. The molecule has 0 saturated carbocycles. The first-order valence-electron chi connectivity index (χ1n) is 7.63. The van der Waals surface area contributed by atoms with Crippen molar-refractivity contribution in [1.29, 1.82) is 0 Å². The lowest BCUT2D eigenvalue weighted by molar-refractivity contribution is -0.142. The molecule has 3 atom stereocenters. The van der Waals surface area contributed by atoms with Crippen LogP contribution in [0.25, 0.3) is 0 Å². The van der Waals surface area contributed by atoms with Crippen LogP contribution in [0.3, 0.4) is 0 Å². The van der Waals surface area contributed by atoms with E-state index in [9.17, 15) is 14.7 Å². The second-order valence-electron chi connectivity index (χ2n) is 5.66. The van der Waals surface area contributed by atoms with E-state index in [4.69, 9.17) is 0 Å². The van der Waals surface area contributed by atoms with Gasteiger partial charge >= 0.3 is 5.97 Å². The van der Waals surface area contributed by atoms with Gasteiger partial charge in [-0.3, -0.25) is 9.59 Å². The second kappa shape index (κ2) is 7.58. The molecule has 0 saturated heterocycles. The maximum atomic E-state index is 12.6. The summed E-state index contributed by atoms with van der Waals surface area (Å²) in [5.41, 5.74) is 1.69. The number of aliphatic carboxylic acids is 1. The fraction of sp³-hybridized carbons (Fsp3) is 0.263. The summed E-state index contributed by atoms with van der Waals surface area (Å²) in [6.07, 6.45) is 0. The summed E-state index contributed by atoms with van der Waals surface area (Å²) in [6.45, 7) is 3.42. The minimum atomic E-state index is -0.938. The van der Waals surface area contributed by atoms with E-state index in [0.717, 1.165) is 11.1 Å². The van der Waals surface area contributed by atoms with Gasteiger partial charge in [0, 0.05) is 0 Å². The van der Waals surface area contributed by atoms with Crippen LogP contribution in [0.2, 0.25) is 0 Å². The zero-order valence-corrected chi connectivity index (χ0v) is 13.3. The highest BCUT2D eigenvalue weighted by atomic mass is 16.4. The summed E-state index contributed by atoms with van der Waals surface area (Å²) < 4.78 is 0. The third-order valence-corrected chi connectivity index (χ3v) is 4.04. The van der Waals surface area contributed by atoms with Crippen molar-refractivity contribution >= 4 is 11.9 Å². The number of amides is 1. The maximum absolute atomic E-state index is 12.6. The van der Waals surface area contributed by atoms with Gasteiger partial charge in [0.2, 0.25) is 5.91 Å². The molecule has 0 aliphatic heterocycles. The van der Waals surface area contributed by atoms with Crippen molar-refractivity contribution in [2.75, 3.05) is 0 Å². The lowest BCUT2D eigenvalue weighted by atomic mass is 9.93. The molecule has 2 unspecified atom stereocenters. The number of carbonyl (C=O) groups is 2. The summed E-state index contributed by atoms with van der Waals surface area (Å²) in [5, 5.41) is 12.2. The molecule has 2 aromatic carbocycles. The Labute approximate surface area is 136 Å². The molecule has 120 valence electrons. The van der Waals surface area contributed by atoms with Gasteiger partial charge in [-0.2, -0.15) is 0 Å². The Kier molecular flexibility index (Phi) is 5.52. The van der Waals surface area contributed by atoms with Crippen molar-refractivity contribution in [1.82, 2.24) is 5.32 Å². The van der Waals surface area contributed by atoms with Gasteiger partial charge in [-0.25, -0.2) is 0 Å². The van der Waals surface area contributed by atoms with Crippen LogP contribution >= 0.6 is 0 Å². The van der Waals surface area contributed by atoms with Gasteiger partial charge in [-0.05, 0) is 25.0 Å². The molecule has 2 N–H and O–H groups in total. The number of nitrogens with one attached hydrogen (secondary N) is 1. The number of carboxylic acids is 1. The van der Waals surface area contributed by atoms with Crippen LogP contribution < -0.4 is 5.32 Å². The standard InChI is InChI=1S/C19H21NO3/c1-13(15-9-5-3-6-10-15)18(21)20-17(14(2)19(22)23)16-11-7-4-8-12-16/h3-14,17H,1-2H3,(H,20,21)(H,22,23)/t13-,14?,17?/m1/s1. The Bertz CT molecular complexity index is 655. The first kappa shape index (κ1) is 16.7. The first-order valence-corrected chi connectivity index (χ1v) is 7.63. The van der Waals surface area contributed by atoms with Gasteiger partial charge in [-0.15, -0.1) is 0 Å². The fourth-order valence-electron chi connectivity index (χ4n) is 2.47. The third-order valence-electron chi connectivity index (χ3n) is 4.04. The molecule has 23 heavy (non-hydrogen) atoms. The highest BCUT2D eigenvalue weighted by molar-refractivity contribution is 5.84. The van der Waals surface area contributed by atoms with E-state index in [-0.39, 0.29) is 11.8 Å². The SMILES string of the molecule is CC(C(=O)O)C(NC(=O)[C@H](C)c1ccccc1)c1ccccc1. The molecule has 0 fully saturated rings.